The SMILES string of the molecule is Cc1cc(-c2noc(CNC(=O)[C@H]3CC=CCC3)n2)no1. The molecule has 0 unspecified atom stereocenters. The molecule has 1 aliphatic rings. The van der Waals surface area contributed by atoms with Gasteiger partial charge in [-0.15, -0.1) is 0 Å². The number of allylic oxidation sites excluding steroid dienone is 2. The van der Waals surface area contributed by atoms with Gasteiger partial charge >= 0.3 is 0 Å². The zero-order valence-corrected chi connectivity index (χ0v) is 11.7. The summed E-state index contributed by atoms with van der Waals surface area (Å²) < 4.78 is 10.1. The van der Waals surface area contributed by atoms with Gasteiger partial charge in [-0.25, -0.2) is 0 Å². The van der Waals surface area contributed by atoms with Crippen molar-refractivity contribution in [3.8, 4) is 11.5 Å². The maximum Gasteiger partial charge on any atom is 0.246 e. The van der Waals surface area contributed by atoms with Gasteiger partial charge in [0.2, 0.25) is 17.6 Å². The predicted octanol–water partition coefficient (Wildman–Crippen LogP) is 2.01. The first-order chi connectivity index (χ1) is 10.2. The second-order valence-corrected chi connectivity index (χ2v) is 5.03. The molecule has 0 saturated heterocycles. The van der Waals surface area contributed by atoms with Gasteiger partial charge < -0.3 is 14.4 Å². The van der Waals surface area contributed by atoms with Gasteiger partial charge in [-0.1, -0.05) is 22.5 Å². The molecule has 3 rings (SSSR count). The number of hydrogen-bond donors (Lipinski definition) is 1. The average Bonchev–Trinajstić information content (AvgIpc) is 3.14. The third-order valence-electron chi connectivity index (χ3n) is 3.38. The standard InChI is InChI=1S/C14H16N4O3/c1-9-7-11(17-20-9)13-16-12(21-18-13)8-15-14(19)10-5-3-2-4-6-10/h2-3,7,10H,4-6,8H2,1H3,(H,15,19)/t10-/m0/s1. The molecule has 21 heavy (non-hydrogen) atoms. The zero-order chi connectivity index (χ0) is 14.7. The predicted molar refractivity (Wildman–Crippen MR) is 72.9 cm³/mol. The molecule has 110 valence electrons. The summed E-state index contributed by atoms with van der Waals surface area (Å²) in [6.07, 6.45) is 6.78. The summed E-state index contributed by atoms with van der Waals surface area (Å²) in [5.74, 6) is 1.45. The van der Waals surface area contributed by atoms with E-state index in [0.29, 0.717) is 23.2 Å². The molecule has 1 amide bonds. The van der Waals surface area contributed by atoms with Crippen molar-refractivity contribution in [1.82, 2.24) is 20.6 Å². The van der Waals surface area contributed by atoms with Crippen molar-refractivity contribution in [2.45, 2.75) is 32.7 Å². The summed E-state index contributed by atoms with van der Waals surface area (Å²) in [5.41, 5.74) is 0.520. The van der Waals surface area contributed by atoms with E-state index in [1.165, 1.54) is 0 Å². The second-order valence-electron chi connectivity index (χ2n) is 5.03. The van der Waals surface area contributed by atoms with Crippen molar-refractivity contribution in [2.75, 3.05) is 0 Å². The molecular weight excluding hydrogens is 272 g/mol. The quantitative estimate of drug-likeness (QED) is 0.865. The largest absolute Gasteiger partial charge is 0.361 e. The number of nitrogens with zero attached hydrogens (tertiary/aromatic N) is 3. The number of carbonyl (C=O) groups is 1. The number of nitrogens with one attached hydrogen (secondary N) is 1. The topological polar surface area (TPSA) is 94.1 Å². The Labute approximate surface area is 121 Å². The first-order valence-corrected chi connectivity index (χ1v) is 6.91. The van der Waals surface area contributed by atoms with E-state index in [4.69, 9.17) is 9.05 Å². The summed E-state index contributed by atoms with van der Waals surface area (Å²) in [6.45, 7) is 2.01. The molecule has 2 aromatic rings. The minimum Gasteiger partial charge on any atom is -0.361 e. The summed E-state index contributed by atoms with van der Waals surface area (Å²) in [6, 6.07) is 1.72. The molecule has 0 aliphatic heterocycles. The summed E-state index contributed by atoms with van der Waals surface area (Å²) in [4.78, 5) is 16.2. The maximum atomic E-state index is 12.0. The van der Waals surface area contributed by atoms with E-state index in [1.54, 1.807) is 13.0 Å². The van der Waals surface area contributed by atoms with Crippen LogP contribution in [0, 0.1) is 12.8 Å². The monoisotopic (exact) mass is 288 g/mol. The molecule has 0 saturated carbocycles. The van der Waals surface area contributed by atoms with Crippen molar-refractivity contribution < 1.29 is 13.8 Å². The van der Waals surface area contributed by atoms with Crippen molar-refractivity contribution in [3.05, 3.63) is 29.9 Å². The van der Waals surface area contributed by atoms with Gasteiger partial charge in [-0.3, -0.25) is 4.79 Å². The lowest BCUT2D eigenvalue weighted by molar-refractivity contribution is -0.125. The molecule has 0 radical (unpaired) electrons. The highest BCUT2D eigenvalue weighted by Gasteiger charge is 2.19. The van der Waals surface area contributed by atoms with Crippen LogP contribution in [0.2, 0.25) is 0 Å². The summed E-state index contributed by atoms with van der Waals surface area (Å²) in [5, 5.41) is 10.5. The Bertz CT molecular complexity index is 659. The Hall–Kier alpha value is -2.44. The molecule has 0 spiro atoms. The Morgan fingerprint density at radius 1 is 1.38 bits per heavy atom. The molecule has 0 fully saturated rings. The van der Waals surface area contributed by atoms with Gasteiger partial charge in [0, 0.05) is 12.0 Å². The minimum absolute atomic E-state index is 0.0244. The normalized spacial score (nSPS) is 17.9. The minimum atomic E-state index is 0.0244. The van der Waals surface area contributed by atoms with E-state index in [-0.39, 0.29) is 18.4 Å². The fourth-order valence-electron chi connectivity index (χ4n) is 2.24. The number of carbonyl (C=O) groups excluding carboxylic acids is 1. The van der Waals surface area contributed by atoms with Crippen LogP contribution < -0.4 is 5.32 Å². The molecule has 2 aromatic heterocycles. The summed E-state index contributed by atoms with van der Waals surface area (Å²) >= 11 is 0. The smallest absolute Gasteiger partial charge is 0.246 e. The van der Waals surface area contributed by atoms with Gasteiger partial charge in [-0.2, -0.15) is 4.98 Å². The van der Waals surface area contributed by atoms with Crippen LogP contribution in [0.1, 0.15) is 30.9 Å². The number of rotatable bonds is 4. The van der Waals surface area contributed by atoms with Crippen molar-refractivity contribution in [2.24, 2.45) is 5.92 Å². The number of amides is 1. The highest BCUT2D eigenvalue weighted by Crippen LogP contribution is 2.18. The first kappa shape index (κ1) is 13.5. The lowest BCUT2D eigenvalue weighted by atomic mass is 9.94. The highest BCUT2D eigenvalue weighted by atomic mass is 16.5. The first-order valence-electron chi connectivity index (χ1n) is 6.91. The van der Waals surface area contributed by atoms with Crippen LogP contribution in [0.25, 0.3) is 11.5 Å². The van der Waals surface area contributed by atoms with Crippen molar-refractivity contribution in [3.63, 3.8) is 0 Å². The van der Waals surface area contributed by atoms with Gasteiger partial charge in [0.05, 0.1) is 6.54 Å². The Balaban J connectivity index is 1.57. The molecule has 7 heteroatoms. The van der Waals surface area contributed by atoms with Crippen LogP contribution in [0.4, 0.5) is 0 Å². The fraction of sp³-hybridized carbons (Fsp3) is 0.429. The van der Waals surface area contributed by atoms with Crippen LogP contribution in [-0.4, -0.2) is 21.2 Å². The van der Waals surface area contributed by atoms with E-state index in [2.05, 4.69) is 26.7 Å². The summed E-state index contributed by atoms with van der Waals surface area (Å²) in [7, 11) is 0. The molecule has 7 nitrogen and oxygen atoms in total. The van der Waals surface area contributed by atoms with Crippen LogP contribution >= 0.6 is 0 Å². The third-order valence-corrected chi connectivity index (χ3v) is 3.38. The molecule has 1 N–H and O–H groups in total. The van der Waals surface area contributed by atoms with Crippen molar-refractivity contribution in [1.29, 1.82) is 0 Å². The Kier molecular flexibility index (Phi) is 3.81. The average molecular weight is 288 g/mol. The molecule has 1 aliphatic carbocycles. The fourth-order valence-corrected chi connectivity index (χ4v) is 2.24. The Morgan fingerprint density at radius 3 is 3.00 bits per heavy atom. The third kappa shape index (κ3) is 3.18. The molecule has 1 atom stereocenters. The van der Waals surface area contributed by atoms with E-state index in [9.17, 15) is 4.79 Å². The lowest BCUT2D eigenvalue weighted by Crippen LogP contribution is -2.30. The van der Waals surface area contributed by atoms with Gasteiger partial charge in [0.1, 0.15) is 5.76 Å². The van der Waals surface area contributed by atoms with Gasteiger partial charge in [0.25, 0.3) is 0 Å². The second kappa shape index (κ2) is 5.90. The van der Waals surface area contributed by atoms with Crippen LogP contribution in [-0.2, 0) is 11.3 Å². The van der Waals surface area contributed by atoms with E-state index >= 15 is 0 Å². The van der Waals surface area contributed by atoms with E-state index < -0.39 is 0 Å². The molecule has 0 aromatic carbocycles. The molecule has 0 bridgehead atoms. The van der Waals surface area contributed by atoms with Crippen LogP contribution in [0.3, 0.4) is 0 Å². The van der Waals surface area contributed by atoms with Crippen LogP contribution in [0.5, 0.6) is 0 Å². The zero-order valence-electron chi connectivity index (χ0n) is 11.7. The molecular formula is C14H16N4O3. The highest BCUT2D eigenvalue weighted by molar-refractivity contribution is 5.78. The van der Waals surface area contributed by atoms with Crippen LogP contribution in [0.15, 0.2) is 27.3 Å². The lowest BCUT2D eigenvalue weighted by Gasteiger charge is -2.16. The number of hydrogen-bond acceptors (Lipinski definition) is 6. The van der Waals surface area contributed by atoms with E-state index in [0.717, 1.165) is 19.3 Å². The number of aromatic nitrogens is 3. The Morgan fingerprint density at radius 2 is 2.29 bits per heavy atom. The maximum absolute atomic E-state index is 12.0. The molecule has 2 heterocycles. The van der Waals surface area contributed by atoms with Gasteiger partial charge in [0.15, 0.2) is 5.69 Å². The van der Waals surface area contributed by atoms with Gasteiger partial charge in [-0.05, 0) is 26.2 Å². The number of aryl methyl sites for hydroxylation is 1. The van der Waals surface area contributed by atoms with Crippen molar-refractivity contribution >= 4 is 5.91 Å². The van der Waals surface area contributed by atoms with E-state index in [1.807, 2.05) is 6.08 Å².